The number of piperidine rings is 1. The molecule has 6 heteroatoms. The Labute approximate surface area is 124 Å². The summed E-state index contributed by atoms with van der Waals surface area (Å²) in [6.07, 6.45) is 3.98. The lowest BCUT2D eigenvalue weighted by molar-refractivity contribution is 0.101. The van der Waals surface area contributed by atoms with Crippen molar-refractivity contribution >= 4 is 27.6 Å². The Morgan fingerprint density at radius 3 is 2.50 bits per heavy atom. The molecule has 0 aromatic heterocycles. The molecule has 1 saturated heterocycles. The standard InChI is InChI=1S/C14H19NO3S2/c1-11(16)12-5-7-14(8-6-12)20(17,18)15-9-3-4-13(10-15)19-2/h5-8,13H,3-4,9-10H2,1-2H3/t13-/m0/s1. The number of carbonyl (C=O) groups excluding carboxylic acids is 1. The smallest absolute Gasteiger partial charge is 0.243 e. The van der Waals surface area contributed by atoms with Crippen LogP contribution in [-0.2, 0) is 10.0 Å². The highest BCUT2D eigenvalue weighted by Crippen LogP contribution is 2.25. The first-order valence-electron chi connectivity index (χ1n) is 6.59. The van der Waals surface area contributed by atoms with Gasteiger partial charge in [0.2, 0.25) is 10.0 Å². The summed E-state index contributed by atoms with van der Waals surface area (Å²) in [5, 5.41) is 0.370. The topological polar surface area (TPSA) is 54.5 Å². The minimum atomic E-state index is -3.44. The van der Waals surface area contributed by atoms with E-state index in [1.807, 2.05) is 6.26 Å². The summed E-state index contributed by atoms with van der Waals surface area (Å²) in [4.78, 5) is 11.5. The van der Waals surface area contributed by atoms with Crippen LogP contribution in [0.5, 0.6) is 0 Å². The van der Waals surface area contributed by atoms with E-state index in [1.165, 1.54) is 19.1 Å². The fourth-order valence-corrected chi connectivity index (χ4v) is 4.68. The number of hydrogen-bond donors (Lipinski definition) is 0. The number of rotatable bonds is 4. The predicted molar refractivity (Wildman–Crippen MR) is 81.7 cm³/mol. The molecule has 0 radical (unpaired) electrons. The van der Waals surface area contributed by atoms with Crippen molar-refractivity contribution in [3.8, 4) is 0 Å². The molecule has 1 aliphatic heterocycles. The van der Waals surface area contributed by atoms with Crippen LogP contribution in [0.3, 0.4) is 0 Å². The zero-order valence-electron chi connectivity index (χ0n) is 11.7. The Bertz CT molecular complexity index is 581. The van der Waals surface area contributed by atoms with Crippen LogP contribution < -0.4 is 0 Å². The van der Waals surface area contributed by atoms with E-state index in [2.05, 4.69) is 0 Å². The molecule has 0 spiro atoms. The number of hydrogen-bond acceptors (Lipinski definition) is 4. The van der Waals surface area contributed by atoms with Gasteiger partial charge in [-0.2, -0.15) is 16.1 Å². The van der Waals surface area contributed by atoms with Crippen LogP contribution in [0.2, 0.25) is 0 Å². The average Bonchev–Trinajstić information content (AvgIpc) is 2.47. The first-order chi connectivity index (χ1) is 9.45. The van der Waals surface area contributed by atoms with Crippen molar-refractivity contribution in [2.45, 2.75) is 29.9 Å². The van der Waals surface area contributed by atoms with Crippen molar-refractivity contribution in [3.05, 3.63) is 29.8 Å². The van der Waals surface area contributed by atoms with Crippen molar-refractivity contribution < 1.29 is 13.2 Å². The van der Waals surface area contributed by atoms with Gasteiger partial charge in [0.05, 0.1) is 4.90 Å². The van der Waals surface area contributed by atoms with Crippen LogP contribution in [0.1, 0.15) is 30.1 Å². The highest BCUT2D eigenvalue weighted by atomic mass is 32.2. The number of benzene rings is 1. The minimum Gasteiger partial charge on any atom is -0.295 e. The maximum absolute atomic E-state index is 12.6. The SMILES string of the molecule is CS[C@H]1CCCN(S(=O)(=O)c2ccc(C(C)=O)cc2)C1. The van der Waals surface area contributed by atoms with Gasteiger partial charge < -0.3 is 0 Å². The third kappa shape index (κ3) is 3.24. The molecule has 1 heterocycles. The molecule has 1 aromatic rings. The van der Waals surface area contributed by atoms with Gasteiger partial charge in [0, 0.05) is 23.9 Å². The van der Waals surface area contributed by atoms with E-state index in [0.29, 0.717) is 23.9 Å². The van der Waals surface area contributed by atoms with E-state index in [9.17, 15) is 13.2 Å². The van der Waals surface area contributed by atoms with Gasteiger partial charge in [-0.05, 0) is 38.2 Å². The van der Waals surface area contributed by atoms with E-state index in [4.69, 9.17) is 0 Å². The van der Waals surface area contributed by atoms with Crippen LogP contribution >= 0.6 is 11.8 Å². The normalized spacial score (nSPS) is 20.8. The summed E-state index contributed by atoms with van der Waals surface area (Å²) in [5.74, 6) is -0.0608. The molecule has 1 aliphatic rings. The number of carbonyl (C=O) groups is 1. The summed E-state index contributed by atoms with van der Waals surface area (Å²) in [6, 6.07) is 6.19. The molecule has 0 amide bonds. The second-order valence-electron chi connectivity index (χ2n) is 4.94. The molecule has 4 nitrogen and oxygen atoms in total. The van der Waals surface area contributed by atoms with Gasteiger partial charge in [-0.1, -0.05) is 12.1 Å². The third-order valence-electron chi connectivity index (χ3n) is 3.57. The van der Waals surface area contributed by atoms with E-state index in [0.717, 1.165) is 12.8 Å². The molecule has 0 aliphatic carbocycles. The van der Waals surface area contributed by atoms with Gasteiger partial charge in [-0.15, -0.1) is 0 Å². The lowest BCUT2D eigenvalue weighted by atomic mass is 10.2. The van der Waals surface area contributed by atoms with Crippen LogP contribution in [0.25, 0.3) is 0 Å². The zero-order valence-corrected chi connectivity index (χ0v) is 13.3. The molecule has 110 valence electrons. The van der Waals surface area contributed by atoms with Crippen LogP contribution in [0.15, 0.2) is 29.2 Å². The van der Waals surface area contributed by atoms with Crippen molar-refractivity contribution in [1.82, 2.24) is 4.31 Å². The summed E-state index contributed by atoms with van der Waals surface area (Å²) >= 11 is 1.72. The van der Waals surface area contributed by atoms with Gasteiger partial charge in [-0.3, -0.25) is 4.79 Å². The van der Waals surface area contributed by atoms with Gasteiger partial charge >= 0.3 is 0 Å². The number of ketones is 1. The molecular weight excluding hydrogens is 294 g/mol. The number of Topliss-reactive ketones (excluding diaryl/α,β-unsaturated/α-hetero) is 1. The Kier molecular flexibility index (Phi) is 4.88. The first kappa shape index (κ1) is 15.5. The molecule has 0 N–H and O–H groups in total. The van der Waals surface area contributed by atoms with Crippen molar-refractivity contribution in [2.75, 3.05) is 19.3 Å². The second kappa shape index (κ2) is 6.28. The monoisotopic (exact) mass is 313 g/mol. The fraction of sp³-hybridized carbons (Fsp3) is 0.500. The summed E-state index contributed by atoms with van der Waals surface area (Å²) in [5.41, 5.74) is 0.532. The average molecular weight is 313 g/mol. The lowest BCUT2D eigenvalue weighted by Gasteiger charge is -2.31. The van der Waals surface area contributed by atoms with Gasteiger partial charge in [-0.25, -0.2) is 8.42 Å². The maximum Gasteiger partial charge on any atom is 0.243 e. The molecule has 1 fully saturated rings. The van der Waals surface area contributed by atoms with Crippen molar-refractivity contribution in [2.24, 2.45) is 0 Å². The number of thioether (sulfide) groups is 1. The van der Waals surface area contributed by atoms with Crippen molar-refractivity contribution in [3.63, 3.8) is 0 Å². The Morgan fingerprint density at radius 1 is 1.30 bits per heavy atom. The third-order valence-corrected chi connectivity index (χ3v) is 6.50. The zero-order chi connectivity index (χ0) is 14.8. The number of nitrogens with zero attached hydrogens (tertiary/aromatic N) is 1. The molecular formula is C14H19NO3S2. The van der Waals surface area contributed by atoms with Gasteiger partial charge in [0.25, 0.3) is 0 Å². The van der Waals surface area contributed by atoms with Crippen LogP contribution in [0, 0.1) is 0 Å². The molecule has 0 unspecified atom stereocenters. The predicted octanol–water partition coefficient (Wildman–Crippen LogP) is 2.41. The molecule has 1 atom stereocenters. The van der Waals surface area contributed by atoms with E-state index in [-0.39, 0.29) is 10.7 Å². The maximum atomic E-state index is 12.6. The van der Waals surface area contributed by atoms with E-state index in [1.54, 1.807) is 28.2 Å². The van der Waals surface area contributed by atoms with Crippen LogP contribution in [-0.4, -0.2) is 43.1 Å². The van der Waals surface area contributed by atoms with Crippen molar-refractivity contribution in [1.29, 1.82) is 0 Å². The quantitative estimate of drug-likeness (QED) is 0.801. The molecule has 2 rings (SSSR count). The highest BCUT2D eigenvalue weighted by molar-refractivity contribution is 7.99. The molecule has 1 aromatic carbocycles. The van der Waals surface area contributed by atoms with E-state index >= 15 is 0 Å². The fourth-order valence-electron chi connectivity index (χ4n) is 2.33. The summed E-state index contributed by atoms with van der Waals surface area (Å²) < 4.78 is 26.7. The molecule has 20 heavy (non-hydrogen) atoms. The Balaban J connectivity index is 2.23. The lowest BCUT2D eigenvalue weighted by Crippen LogP contribution is -2.40. The molecule has 0 saturated carbocycles. The second-order valence-corrected chi connectivity index (χ2v) is 8.02. The highest BCUT2D eigenvalue weighted by Gasteiger charge is 2.29. The Hall–Kier alpha value is -0.850. The first-order valence-corrected chi connectivity index (χ1v) is 9.32. The van der Waals surface area contributed by atoms with Gasteiger partial charge in [0.15, 0.2) is 5.78 Å². The molecule has 0 bridgehead atoms. The largest absolute Gasteiger partial charge is 0.295 e. The number of sulfonamides is 1. The van der Waals surface area contributed by atoms with Crippen LogP contribution in [0.4, 0.5) is 0 Å². The summed E-state index contributed by atoms with van der Waals surface area (Å²) in [7, 11) is -3.44. The van der Waals surface area contributed by atoms with E-state index < -0.39 is 10.0 Å². The summed E-state index contributed by atoms with van der Waals surface area (Å²) in [6.45, 7) is 2.61. The Morgan fingerprint density at radius 2 is 1.95 bits per heavy atom. The minimum absolute atomic E-state index is 0.0608. The van der Waals surface area contributed by atoms with Gasteiger partial charge in [0.1, 0.15) is 0 Å².